The number of amides is 1. The lowest BCUT2D eigenvalue weighted by atomic mass is 10.0. The fraction of sp³-hybridized carbons (Fsp3) is 0.118. The molecule has 0 unspecified atom stereocenters. The molecular formula is C34H29N5O4S. The van der Waals surface area contributed by atoms with Gasteiger partial charge >= 0.3 is 5.97 Å². The number of aromatic nitrogens is 2. The van der Waals surface area contributed by atoms with Crippen molar-refractivity contribution in [3.63, 3.8) is 0 Å². The van der Waals surface area contributed by atoms with Crippen LogP contribution in [0.1, 0.15) is 33.8 Å². The van der Waals surface area contributed by atoms with Crippen molar-refractivity contribution < 1.29 is 19.1 Å². The standard InChI is InChI=1S/C34H29N5O4S/c1-42-33(41)23-12-16-25(17-13-23)38-21-7-11-29(38)32-31(28-10-5-6-20-35-28)37-34(44)39(32)26-18-14-24(15-19-26)36-30(40)22-43-27-8-3-2-4-9-27/h2-21,31-32H,22H2,1H3,(H,36,40)(H,37,44)/t31-,32-/m1/s1. The molecule has 3 heterocycles. The number of nitrogens with one attached hydrogen (secondary N) is 2. The number of carbonyl (C=O) groups excluding carboxylic acids is 2. The van der Waals surface area contributed by atoms with Crippen LogP contribution in [0.5, 0.6) is 5.75 Å². The number of carbonyl (C=O) groups is 2. The highest BCUT2D eigenvalue weighted by molar-refractivity contribution is 7.80. The number of rotatable bonds is 9. The van der Waals surface area contributed by atoms with E-state index in [4.69, 9.17) is 21.7 Å². The Bertz CT molecular complexity index is 1760. The molecule has 1 amide bonds. The van der Waals surface area contributed by atoms with Crippen LogP contribution in [0.4, 0.5) is 11.4 Å². The Labute approximate surface area is 260 Å². The number of thiocarbonyl (C=S) groups is 1. The summed E-state index contributed by atoms with van der Waals surface area (Å²) in [4.78, 5) is 31.2. The minimum atomic E-state index is -0.389. The summed E-state index contributed by atoms with van der Waals surface area (Å²) in [5.41, 5.74) is 4.65. The quantitative estimate of drug-likeness (QED) is 0.160. The average Bonchev–Trinajstić information content (AvgIpc) is 3.69. The van der Waals surface area contributed by atoms with Crippen LogP contribution in [0, 0.1) is 0 Å². The second kappa shape index (κ2) is 12.8. The molecule has 9 nitrogen and oxygen atoms in total. The van der Waals surface area contributed by atoms with Crippen LogP contribution < -0.4 is 20.3 Å². The molecule has 2 atom stereocenters. The topological polar surface area (TPSA) is 97.7 Å². The molecule has 1 fully saturated rings. The fourth-order valence-corrected chi connectivity index (χ4v) is 5.59. The molecule has 0 radical (unpaired) electrons. The van der Waals surface area contributed by atoms with E-state index in [-0.39, 0.29) is 30.6 Å². The molecule has 10 heteroatoms. The molecule has 0 aliphatic carbocycles. The highest BCUT2D eigenvalue weighted by Crippen LogP contribution is 2.42. The van der Waals surface area contributed by atoms with Gasteiger partial charge in [0.05, 0.1) is 24.4 Å². The Hall–Kier alpha value is -5.48. The third kappa shape index (κ3) is 6.02. The first-order valence-corrected chi connectivity index (χ1v) is 14.4. The number of hydrogen-bond acceptors (Lipinski definition) is 6. The number of methoxy groups -OCH3 is 1. The van der Waals surface area contributed by atoms with E-state index in [2.05, 4.69) is 31.2 Å². The molecule has 0 bridgehead atoms. The van der Waals surface area contributed by atoms with Crippen LogP contribution in [-0.4, -0.2) is 40.3 Å². The molecule has 5 aromatic rings. The average molecular weight is 604 g/mol. The monoisotopic (exact) mass is 603 g/mol. The molecule has 6 rings (SSSR count). The van der Waals surface area contributed by atoms with Crippen molar-refractivity contribution in [3.8, 4) is 11.4 Å². The van der Waals surface area contributed by atoms with Crippen LogP contribution in [0.2, 0.25) is 0 Å². The molecule has 2 N–H and O–H groups in total. The summed E-state index contributed by atoms with van der Waals surface area (Å²) in [6, 6.07) is 33.3. The van der Waals surface area contributed by atoms with Crippen molar-refractivity contribution in [1.82, 2.24) is 14.9 Å². The Kier molecular flexibility index (Phi) is 8.33. The Morgan fingerprint density at radius 2 is 1.61 bits per heavy atom. The van der Waals surface area contributed by atoms with Crippen molar-refractivity contribution in [2.24, 2.45) is 0 Å². The Morgan fingerprint density at radius 1 is 0.886 bits per heavy atom. The summed E-state index contributed by atoms with van der Waals surface area (Å²) < 4.78 is 12.5. The molecule has 44 heavy (non-hydrogen) atoms. The predicted octanol–water partition coefficient (Wildman–Crippen LogP) is 5.85. The van der Waals surface area contributed by atoms with E-state index in [0.29, 0.717) is 22.1 Å². The van der Waals surface area contributed by atoms with Gasteiger partial charge in [-0.05, 0) is 97.1 Å². The summed E-state index contributed by atoms with van der Waals surface area (Å²) in [7, 11) is 1.36. The number of ether oxygens (including phenoxy) is 2. The second-order valence-corrected chi connectivity index (χ2v) is 10.4. The third-order valence-corrected chi connectivity index (χ3v) is 7.60. The summed E-state index contributed by atoms with van der Waals surface area (Å²) in [6.07, 6.45) is 3.75. The summed E-state index contributed by atoms with van der Waals surface area (Å²) in [6.45, 7) is -0.0999. The van der Waals surface area contributed by atoms with Crippen molar-refractivity contribution >= 4 is 40.6 Å². The van der Waals surface area contributed by atoms with Gasteiger partial charge in [-0.3, -0.25) is 9.78 Å². The molecular weight excluding hydrogens is 574 g/mol. The molecule has 220 valence electrons. The lowest BCUT2D eigenvalue weighted by molar-refractivity contribution is -0.118. The normalized spacial score (nSPS) is 15.8. The Balaban J connectivity index is 1.28. The van der Waals surface area contributed by atoms with Gasteiger partial charge in [0.2, 0.25) is 0 Å². The van der Waals surface area contributed by atoms with E-state index in [1.165, 1.54) is 7.11 Å². The van der Waals surface area contributed by atoms with Gasteiger partial charge in [-0.25, -0.2) is 4.79 Å². The number of hydrogen-bond donors (Lipinski definition) is 2. The third-order valence-electron chi connectivity index (χ3n) is 7.29. The van der Waals surface area contributed by atoms with Gasteiger partial charge in [0.25, 0.3) is 5.91 Å². The first-order valence-electron chi connectivity index (χ1n) is 14.0. The van der Waals surface area contributed by atoms with E-state index >= 15 is 0 Å². The summed E-state index contributed by atoms with van der Waals surface area (Å²) in [5, 5.41) is 6.91. The van der Waals surface area contributed by atoms with Gasteiger partial charge in [-0.15, -0.1) is 0 Å². The zero-order valence-electron chi connectivity index (χ0n) is 23.8. The van der Waals surface area contributed by atoms with Gasteiger partial charge in [0, 0.05) is 35.1 Å². The molecule has 1 saturated heterocycles. The van der Waals surface area contributed by atoms with Crippen molar-refractivity contribution in [2.75, 3.05) is 23.9 Å². The van der Waals surface area contributed by atoms with Crippen LogP contribution in [-0.2, 0) is 9.53 Å². The maximum Gasteiger partial charge on any atom is 0.337 e. The molecule has 2 aromatic heterocycles. The van der Waals surface area contributed by atoms with Gasteiger partial charge in [0.15, 0.2) is 11.7 Å². The molecule has 1 aliphatic heterocycles. The van der Waals surface area contributed by atoms with Gasteiger partial charge in [-0.1, -0.05) is 24.3 Å². The maximum atomic E-state index is 12.5. The van der Waals surface area contributed by atoms with Crippen LogP contribution >= 0.6 is 12.2 Å². The summed E-state index contributed by atoms with van der Waals surface area (Å²) >= 11 is 5.89. The van der Waals surface area contributed by atoms with E-state index < -0.39 is 0 Å². The number of pyridine rings is 1. The lowest BCUT2D eigenvalue weighted by Gasteiger charge is -2.29. The first-order chi connectivity index (χ1) is 21.5. The first kappa shape index (κ1) is 28.6. The smallest absolute Gasteiger partial charge is 0.337 e. The van der Waals surface area contributed by atoms with E-state index in [0.717, 1.165) is 22.8 Å². The maximum absolute atomic E-state index is 12.5. The van der Waals surface area contributed by atoms with Gasteiger partial charge in [0.1, 0.15) is 11.8 Å². The second-order valence-electron chi connectivity index (χ2n) is 10.0. The number of anilines is 2. The number of benzene rings is 3. The fourth-order valence-electron chi connectivity index (χ4n) is 5.25. The van der Waals surface area contributed by atoms with Crippen molar-refractivity contribution in [3.05, 3.63) is 139 Å². The van der Waals surface area contributed by atoms with Gasteiger partial charge in [-0.2, -0.15) is 0 Å². The zero-order valence-corrected chi connectivity index (χ0v) is 24.6. The number of nitrogens with zero attached hydrogens (tertiary/aromatic N) is 3. The molecule has 3 aromatic carbocycles. The lowest BCUT2D eigenvalue weighted by Crippen LogP contribution is -2.30. The zero-order chi connectivity index (χ0) is 30.5. The highest BCUT2D eigenvalue weighted by Gasteiger charge is 2.42. The van der Waals surface area contributed by atoms with Crippen molar-refractivity contribution in [1.29, 1.82) is 0 Å². The van der Waals surface area contributed by atoms with E-state index in [1.54, 1.807) is 30.5 Å². The van der Waals surface area contributed by atoms with Crippen LogP contribution in [0.15, 0.2) is 122 Å². The minimum absolute atomic E-state index is 0.0999. The van der Waals surface area contributed by atoms with E-state index in [1.807, 2.05) is 85.1 Å². The predicted molar refractivity (Wildman–Crippen MR) is 172 cm³/mol. The van der Waals surface area contributed by atoms with E-state index in [9.17, 15) is 9.59 Å². The van der Waals surface area contributed by atoms with Gasteiger partial charge < -0.3 is 29.6 Å². The summed E-state index contributed by atoms with van der Waals surface area (Å²) in [5.74, 6) is -0.0193. The minimum Gasteiger partial charge on any atom is -0.484 e. The highest BCUT2D eigenvalue weighted by atomic mass is 32.1. The number of para-hydroxylation sites is 1. The molecule has 0 saturated carbocycles. The Morgan fingerprint density at radius 3 is 2.32 bits per heavy atom. The van der Waals surface area contributed by atoms with Crippen molar-refractivity contribution in [2.45, 2.75) is 12.1 Å². The largest absolute Gasteiger partial charge is 0.484 e. The number of esters is 1. The van der Waals surface area contributed by atoms with Crippen LogP contribution in [0.25, 0.3) is 5.69 Å². The SMILES string of the molecule is COC(=O)c1ccc(-n2cccc2[C@@H]2[C@@H](c3ccccn3)NC(=S)N2c2ccc(NC(=O)COc3ccccc3)cc2)cc1. The molecule has 1 aliphatic rings. The molecule has 0 spiro atoms. The van der Waals surface area contributed by atoms with Crippen LogP contribution in [0.3, 0.4) is 0 Å².